The molecular weight excluding hydrogens is 455 g/mol. The standard InChI is InChI=1S/C20H15Cl3N2O5/c1-2-29-16-8-11(5-12-18(26)24-20(28)25-19(12)27)7-15(23)17(16)30-9-10-3-4-13(21)14(22)6-10/h3-8H,2,9H2,1H3,(H2,24,25,26,27,28). The van der Waals surface area contributed by atoms with Gasteiger partial charge < -0.3 is 9.47 Å². The Kier molecular flexibility index (Phi) is 6.87. The molecule has 0 radical (unpaired) electrons. The number of carbonyl (C=O) groups excluding carboxylic acids is 3. The molecule has 2 aromatic carbocycles. The topological polar surface area (TPSA) is 93.7 Å². The monoisotopic (exact) mass is 468 g/mol. The van der Waals surface area contributed by atoms with Crippen LogP contribution in [0.25, 0.3) is 6.08 Å². The van der Waals surface area contributed by atoms with Crippen molar-refractivity contribution in [2.75, 3.05) is 6.61 Å². The van der Waals surface area contributed by atoms with Gasteiger partial charge >= 0.3 is 6.03 Å². The van der Waals surface area contributed by atoms with E-state index in [0.717, 1.165) is 5.56 Å². The van der Waals surface area contributed by atoms with Gasteiger partial charge in [-0.1, -0.05) is 40.9 Å². The Bertz CT molecular complexity index is 1050. The van der Waals surface area contributed by atoms with Crippen LogP contribution in [0.15, 0.2) is 35.9 Å². The van der Waals surface area contributed by atoms with Gasteiger partial charge in [0.25, 0.3) is 11.8 Å². The van der Waals surface area contributed by atoms with Crippen molar-refractivity contribution in [2.45, 2.75) is 13.5 Å². The number of nitrogens with one attached hydrogen (secondary N) is 2. The minimum atomic E-state index is -0.874. The molecule has 0 aromatic heterocycles. The maximum Gasteiger partial charge on any atom is 0.328 e. The van der Waals surface area contributed by atoms with E-state index in [2.05, 4.69) is 0 Å². The summed E-state index contributed by atoms with van der Waals surface area (Å²) < 4.78 is 11.4. The molecule has 4 amide bonds. The van der Waals surface area contributed by atoms with Gasteiger partial charge in [-0.15, -0.1) is 0 Å². The lowest BCUT2D eigenvalue weighted by Gasteiger charge is -2.16. The molecule has 156 valence electrons. The zero-order valence-corrected chi connectivity index (χ0v) is 17.8. The molecule has 1 fully saturated rings. The first-order valence-corrected chi connectivity index (χ1v) is 9.83. The summed E-state index contributed by atoms with van der Waals surface area (Å²) in [7, 11) is 0. The molecule has 10 heteroatoms. The number of rotatable bonds is 6. The van der Waals surface area contributed by atoms with Crippen molar-refractivity contribution in [3.8, 4) is 11.5 Å². The van der Waals surface area contributed by atoms with Gasteiger partial charge in [0.2, 0.25) is 0 Å². The smallest absolute Gasteiger partial charge is 0.328 e. The average Bonchev–Trinajstić information content (AvgIpc) is 2.67. The Morgan fingerprint density at radius 1 is 0.900 bits per heavy atom. The van der Waals surface area contributed by atoms with Gasteiger partial charge in [-0.05, 0) is 48.4 Å². The van der Waals surface area contributed by atoms with E-state index < -0.39 is 17.8 Å². The van der Waals surface area contributed by atoms with Gasteiger partial charge in [0.15, 0.2) is 11.5 Å². The molecule has 2 N–H and O–H groups in total. The maximum absolute atomic E-state index is 11.9. The third-order valence-corrected chi connectivity index (χ3v) is 4.97. The lowest BCUT2D eigenvalue weighted by molar-refractivity contribution is -0.123. The van der Waals surface area contributed by atoms with Crippen LogP contribution in [0.1, 0.15) is 18.1 Å². The van der Waals surface area contributed by atoms with Crippen LogP contribution in [0, 0.1) is 0 Å². The van der Waals surface area contributed by atoms with Crippen molar-refractivity contribution in [1.82, 2.24) is 10.6 Å². The number of ether oxygens (including phenoxy) is 2. The summed E-state index contributed by atoms with van der Waals surface area (Å²) in [5.74, 6) is -1.00. The minimum Gasteiger partial charge on any atom is -0.490 e. The first kappa shape index (κ1) is 22.0. The highest BCUT2D eigenvalue weighted by molar-refractivity contribution is 6.42. The Hall–Kier alpha value is -2.74. The zero-order chi connectivity index (χ0) is 21.8. The van der Waals surface area contributed by atoms with E-state index in [1.807, 2.05) is 10.6 Å². The Balaban J connectivity index is 1.89. The number of hydrogen-bond acceptors (Lipinski definition) is 5. The number of imide groups is 2. The van der Waals surface area contributed by atoms with Crippen LogP contribution in [0.4, 0.5) is 4.79 Å². The van der Waals surface area contributed by atoms with Crippen LogP contribution in [0.3, 0.4) is 0 Å². The largest absolute Gasteiger partial charge is 0.490 e. The van der Waals surface area contributed by atoms with Crippen LogP contribution >= 0.6 is 34.8 Å². The number of halogens is 3. The van der Waals surface area contributed by atoms with E-state index in [4.69, 9.17) is 44.3 Å². The van der Waals surface area contributed by atoms with E-state index in [1.54, 1.807) is 31.2 Å². The number of benzene rings is 2. The van der Waals surface area contributed by atoms with E-state index >= 15 is 0 Å². The molecule has 0 bridgehead atoms. The third kappa shape index (κ3) is 5.05. The molecule has 0 saturated carbocycles. The molecule has 7 nitrogen and oxygen atoms in total. The second kappa shape index (κ2) is 9.38. The normalized spacial score (nSPS) is 13.6. The van der Waals surface area contributed by atoms with Crippen molar-refractivity contribution >= 4 is 58.7 Å². The maximum atomic E-state index is 11.9. The van der Waals surface area contributed by atoms with Crippen LogP contribution in [-0.2, 0) is 16.2 Å². The van der Waals surface area contributed by atoms with Crippen LogP contribution in [-0.4, -0.2) is 24.5 Å². The summed E-state index contributed by atoms with van der Waals surface area (Å²) in [5.41, 5.74) is 0.951. The second-order valence-corrected chi connectivity index (χ2v) is 7.32. The molecule has 3 rings (SSSR count). The summed E-state index contributed by atoms with van der Waals surface area (Å²) in [5, 5.41) is 5.05. The summed E-state index contributed by atoms with van der Waals surface area (Å²) in [6, 6.07) is 7.32. The highest BCUT2D eigenvalue weighted by Gasteiger charge is 2.28. The Morgan fingerprint density at radius 3 is 2.23 bits per heavy atom. The van der Waals surface area contributed by atoms with E-state index in [-0.39, 0.29) is 17.2 Å². The van der Waals surface area contributed by atoms with E-state index in [0.29, 0.717) is 33.7 Å². The van der Waals surface area contributed by atoms with Gasteiger partial charge in [-0.3, -0.25) is 20.2 Å². The van der Waals surface area contributed by atoms with Crippen LogP contribution < -0.4 is 20.1 Å². The van der Waals surface area contributed by atoms with E-state index in [9.17, 15) is 14.4 Å². The van der Waals surface area contributed by atoms with Crippen molar-refractivity contribution in [3.05, 3.63) is 62.1 Å². The molecule has 1 aliphatic rings. The first-order valence-electron chi connectivity index (χ1n) is 8.70. The summed E-state index contributed by atoms with van der Waals surface area (Å²) in [4.78, 5) is 35.0. The summed E-state index contributed by atoms with van der Waals surface area (Å²) >= 11 is 18.3. The first-order chi connectivity index (χ1) is 14.3. The molecule has 30 heavy (non-hydrogen) atoms. The average molecular weight is 470 g/mol. The second-order valence-electron chi connectivity index (χ2n) is 6.10. The molecule has 0 aliphatic carbocycles. The lowest BCUT2D eigenvalue weighted by atomic mass is 10.1. The number of hydrogen-bond donors (Lipinski definition) is 2. The number of urea groups is 1. The fraction of sp³-hybridized carbons (Fsp3) is 0.150. The van der Waals surface area contributed by atoms with Gasteiger partial charge in [0.05, 0.1) is 21.7 Å². The third-order valence-electron chi connectivity index (χ3n) is 3.95. The fourth-order valence-electron chi connectivity index (χ4n) is 2.63. The summed E-state index contributed by atoms with van der Waals surface area (Å²) in [6.45, 7) is 2.27. The summed E-state index contributed by atoms with van der Waals surface area (Å²) in [6.07, 6.45) is 1.30. The SMILES string of the molecule is CCOc1cc(C=C2C(=O)NC(=O)NC2=O)cc(Cl)c1OCc1ccc(Cl)c(Cl)c1. The Labute approximate surface area is 186 Å². The molecule has 0 atom stereocenters. The van der Waals surface area contributed by atoms with Gasteiger partial charge in [-0.2, -0.15) is 0 Å². The molecule has 1 aliphatic heterocycles. The predicted octanol–water partition coefficient (Wildman–Crippen LogP) is 4.37. The highest BCUT2D eigenvalue weighted by atomic mass is 35.5. The number of barbiturate groups is 1. The Morgan fingerprint density at radius 2 is 1.60 bits per heavy atom. The molecular formula is C20H15Cl3N2O5. The minimum absolute atomic E-state index is 0.157. The number of amides is 4. The van der Waals surface area contributed by atoms with Crippen molar-refractivity contribution in [3.63, 3.8) is 0 Å². The van der Waals surface area contributed by atoms with Crippen LogP contribution in [0.2, 0.25) is 15.1 Å². The molecule has 2 aromatic rings. The molecule has 1 saturated heterocycles. The van der Waals surface area contributed by atoms with Crippen molar-refractivity contribution in [2.24, 2.45) is 0 Å². The van der Waals surface area contributed by atoms with Crippen LogP contribution in [0.5, 0.6) is 11.5 Å². The quantitative estimate of drug-likeness (QED) is 0.484. The van der Waals surface area contributed by atoms with Gasteiger partial charge in [-0.25, -0.2) is 4.79 Å². The van der Waals surface area contributed by atoms with E-state index in [1.165, 1.54) is 12.1 Å². The predicted molar refractivity (Wildman–Crippen MR) is 113 cm³/mol. The molecule has 0 spiro atoms. The fourth-order valence-corrected chi connectivity index (χ4v) is 3.23. The number of carbonyl (C=O) groups is 3. The van der Waals surface area contributed by atoms with Crippen molar-refractivity contribution in [1.29, 1.82) is 0 Å². The lowest BCUT2D eigenvalue weighted by Crippen LogP contribution is -2.51. The van der Waals surface area contributed by atoms with Gasteiger partial charge in [0.1, 0.15) is 12.2 Å². The molecule has 0 unspecified atom stereocenters. The molecule has 1 heterocycles. The zero-order valence-electron chi connectivity index (χ0n) is 15.6. The highest BCUT2D eigenvalue weighted by Crippen LogP contribution is 2.38. The van der Waals surface area contributed by atoms with Crippen molar-refractivity contribution < 1.29 is 23.9 Å². The van der Waals surface area contributed by atoms with Gasteiger partial charge in [0, 0.05) is 0 Å².